The van der Waals surface area contributed by atoms with E-state index in [9.17, 15) is 14.4 Å². The zero-order chi connectivity index (χ0) is 59.2. The Bertz CT molecular complexity index is 1460. The van der Waals surface area contributed by atoms with Gasteiger partial charge < -0.3 is 14.2 Å². The van der Waals surface area contributed by atoms with Crippen molar-refractivity contribution < 1.29 is 28.6 Å². The van der Waals surface area contributed by atoms with E-state index in [1.165, 1.54) is 263 Å². The SMILES string of the molecule is CCCCCC/C=C\C/C=C\CCCCCCCC(=O)OCC(COC(=O)CCCCCCCCCCCCCCCCCCCCC/C=C\C/C=C\CCCCCCC)OC(=O)CCCCCCCCC/C=C\CCCCCCCC. The summed E-state index contributed by atoms with van der Waals surface area (Å²) in [6.07, 6.45) is 91.1. The molecule has 478 valence electrons. The molecule has 0 radical (unpaired) electrons. The maximum Gasteiger partial charge on any atom is 0.306 e. The van der Waals surface area contributed by atoms with E-state index in [4.69, 9.17) is 14.2 Å². The largest absolute Gasteiger partial charge is 0.462 e. The van der Waals surface area contributed by atoms with Crippen molar-refractivity contribution in [1.29, 1.82) is 0 Å². The molecule has 0 aliphatic heterocycles. The molecular weight excluding hydrogens is 1010 g/mol. The number of unbranched alkanes of at least 4 members (excludes halogenated alkanes) is 46. The fraction of sp³-hybridized carbons (Fsp3) is 0.829. The van der Waals surface area contributed by atoms with Gasteiger partial charge in [0.15, 0.2) is 6.10 Å². The Labute approximate surface area is 510 Å². The van der Waals surface area contributed by atoms with Crippen molar-refractivity contribution in [3.05, 3.63) is 60.8 Å². The fourth-order valence-corrected chi connectivity index (χ4v) is 10.7. The highest BCUT2D eigenvalue weighted by molar-refractivity contribution is 5.71. The maximum atomic E-state index is 12.9. The second kappa shape index (κ2) is 70.6. The Morgan fingerprint density at radius 1 is 0.244 bits per heavy atom. The zero-order valence-corrected chi connectivity index (χ0v) is 55.0. The number of esters is 3. The molecule has 0 bridgehead atoms. The minimum Gasteiger partial charge on any atom is -0.462 e. The van der Waals surface area contributed by atoms with E-state index < -0.39 is 6.10 Å². The van der Waals surface area contributed by atoms with Crippen LogP contribution in [0, 0.1) is 0 Å². The van der Waals surface area contributed by atoms with Crippen LogP contribution >= 0.6 is 0 Å². The molecule has 6 nitrogen and oxygen atoms in total. The van der Waals surface area contributed by atoms with Gasteiger partial charge in [-0.05, 0) is 109 Å². The van der Waals surface area contributed by atoms with E-state index in [0.717, 1.165) is 83.5 Å². The van der Waals surface area contributed by atoms with Crippen LogP contribution < -0.4 is 0 Å². The van der Waals surface area contributed by atoms with Gasteiger partial charge in [-0.1, -0.05) is 319 Å². The molecular formula is C76H138O6. The first-order valence-electron chi connectivity index (χ1n) is 36.3. The van der Waals surface area contributed by atoms with E-state index in [1.807, 2.05) is 0 Å². The van der Waals surface area contributed by atoms with E-state index in [1.54, 1.807) is 0 Å². The second-order valence-electron chi connectivity index (χ2n) is 24.5. The number of rotatable bonds is 67. The summed E-state index contributed by atoms with van der Waals surface area (Å²) in [5.41, 5.74) is 0. The van der Waals surface area contributed by atoms with Gasteiger partial charge in [0.05, 0.1) is 0 Å². The fourth-order valence-electron chi connectivity index (χ4n) is 10.7. The normalized spacial score (nSPS) is 12.4. The van der Waals surface area contributed by atoms with E-state index in [-0.39, 0.29) is 31.1 Å². The van der Waals surface area contributed by atoms with Gasteiger partial charge in [-0.3, -0.25) is 14.4 Å². The molecule has 0 saturated heterocycles. The quantitative estimate of drug-likeness (QED) is 0.0261. The molecule has 0 aromatic carbocycles. The standard InChI is InChI=1S/C76H138O6/c1-4-7-10-13-16-19-22-25-28-31-32-33-34-35-36-37-38-39-40-41-42-43-44-46-48-51-54-57-60-63-66-69-75(78)81-72-73(71-80-74(77)68-65-62-59-56-53-50-47-30-27-24-21-18-15-12-9-6-3)82-76(79)70-67-64-61-58-55-52-49-45-29-26-23-20-17-14-11-8-5-2/h21-22,24-26,29-32,47,73H,4-20,23,27-28,33-46,48-72H2,1-3H3/b24-21-,25-22-,29-26-,32-31-,47-30-. The van der Waals surface area contributed by atoms with E-state index in [0.29, 0.717) is 19.3 Å². The van der Waals surface area contributed by atoms with Crippen LogP contribution in [0.5, 0.6) is 0 Å². The third kappa shape index (κ3) is 67.9. The minimum absolute atomic E-state index is 0.0767. The molecule has 0 aliphatic carbocycles. The molecule has 6 heteroatoms. The number of ether oxygens (including phenoxy) is 3. The highest BCUT2D eigenvalue weighted by Crippen LogP contribution is 2.18. The molecule has 0 rings (SSSR count). The molecule has 0 heterocycles. The van der Waals surface area contributed by atoms with Crippen molar-refractivity contribution in [3.63, 3.8) is 0 Å². The molecule has 0 fully saturated rings. The van der Waals surface area contributed by atoms with Crippen LogP contribution in [-0.2, 0) is 28.6 Å². The van der Waals surface area contributed by atoms with Crippen molar-refractivity contribution >= 4 is 17.9 Å². The van der Waals surface area contributed by atoms with Crippen molar-refractivity contribution in [2.45, 2.75) is 393 Å². The van der Waals surface area contributed by atoms with Gasteiger partial charge in [-0.25, -0.2) is 0 Å². The van der Waals surface area contributed by atoms with Crippen LogP contribution in [0.4, 0.5) is 0 Å². The number of carbonyl (C=O) groups is 3. The lowest BCUT2D eigenvalue weighted by Crippen LogP contribution is -2.30. The van der Waals surface area contributed by atoms with Gasteiger partial charge in [-0.2, -0.15) is 0 Å². The van der Waals surface area contributed by atoms with Gasteiger partial charge in [0, 0.05) is 19.3 Å². The Balaban J connectivity index is 4.21. The van der Waals surface area contributed by atoms with Crippen molar-refractivity contribution in [2.24, 2.45) is 0 Å². The number of hydrogen-bond acceptors (Lipinski definition) is 6. The Morgan fingerprint density at radius 2 is 0.439 bits per heavy atom. The third-order valence-corrected chi connectivity index (χ3v) is 16.2. The predicted octanol–water partition coefficient (Wildman–Crippen LogP) is 25.1. The summed E-state index contributed by atoms with van der Waals surface area (Å²) in [6, 6.07) is 0. The zero-order valence-electron chi connectivity index (χ0n) is 55.0. The highest BCUT2D eigenvalue weighted by Gasteiger charge is 2.19. The summed E-state index contributed by atoms with van der Waals surface area (Å²) < 4.78 is 17.0. The van der Waals surface area contributed by atoms with Crippen molar-refractivity contribution in [1.82, 2.24) is 0 Å². The van der Waals surface area contributed by atoms with Crippen LogP contribution in [0.25, 0.3) is 0 Å². The third-order valence-electron chi connectivity index (χ3n) is 16.2. The highest BCUT2D eigenvalue weighted by atomic mass is 16.6. The first-order chi connectivity index (χ1) is 40.5. The van der Waals surface area contributed by atoms with E-state index in [2.05, 4.69) is 81.5 Å². The second-order valence-corrected chi connectivity index (χ2v) is 24.5. The van der Waals surface area contributed by atoms with Crippen molar-refractivity contribution in [3.8, 4) is 0 Å². The van der Waals surface area contributed by atoms with Gasteiger partial charge >= 0.3 is 17.9 Å². The molecule has 1 atom stereocenters. The lowest BCUT2D eigenvalue weighted by Gasteiger charge is -2.18. The average molecular weight is 1150 g/mol. The minimum atomic E-state index is -0.782. The molecule has 0 aliphatic rings. The number of allylic oxidation sites excluding steroid dienone is 10. The average Bonchev–Trinajstić information content (AvgIpc) is 3.47. The summed E-state index contributed by atoms with van der Waals surface area (Å²) in [4.78, 5) is 38.4. The number of hydrogen-bond donors (Lipinski definition) is 0. The number of carbonyl (C=O) groups excluding carboxylic acids is 3. The summed E-state index contributed by atoms with van der Waals surface area (Å²) in [7, 11) is 0. The van der Waals surface area contributed by atoms with Crippen LogP contribution in [0.15, 0.2) is 60.8 Å². The lowest BCUT2D eigenvalue weighted by atomic mass is 10.0. The summed E-state index contributed by atoms with van der Waals surface area (Å²) in [6.45, 7) is 6.65. The molecule has 0 amide bonds. The maximum absolute atomic E-state index is 12.9. The van der Waals surface area contributed by atoms with Crippen LogP contribution in [0.1, 0.15) is 387 Å². The molecule has 0 aromatic rings. The monoisotopic (exact) mass is 1150 g/mol. The summed E-state index contributed by atoms with van der Waals surface area (Å²) in [5.74, 6) is -0.872. The van der Waals surface area contributed by atoms with Crippen LogP contribution in [-0.4, -0.2) is 37.2 Å². The first kappa shape index (κ1) is 79.1. The Morgan fingerprint density at radius 3 is 0.695 bits per heavy atom. The molecule has 0 spiro atoms. The van der Waals surface area contributed by atoms with Crippen molar-refractivity contribution in [2.75, 3.05) is 13.2 Å². The molecule has 0 N–H and O–H groups in total. The van der Waals surface area contributed by atoms with Crippen LogP contribution in [0.2, 0.25) is 0 Å². The lowest BCUT2D eigenvalue weighted by molar-refractivity contribution is -0.167. The van der Waals surface area contributed by atoms with Gasteiger partial charge in [0.25, 0.3) is 0 Å². The molecule has 1 unspecified atom stereocenters. The van der Waals surface area contributed by atoms with Gasteiger partial charge in [-0.15, -0.1) is 0 Å². The molecule has 0 saturated carbocycles. The van der Waals surface area contributed by atoms with Crippen LogP contribution in [0.3, 0.4) is 0 Å². The summed E-state index contributed by atoms with van der Waals surface area (Å²) >= 11 is 0. The van der Waals surface area contributed by atoms with Gasteiger partial charge in [0.2, 0.25) is 0 Å². The molecule has 82 heavy (non-hydrogen) atoms. The topological polar surface area (TPSA) is 78.9 Å². The summed E-state index contributed by atoms with van der Waals surface area (Å²) in [5, 5.41) is 0. The smallest absolute Gasteiger partial charge is 0.306 e. The van der Waals surface area contributed by atoms with E-state index >= 15 is 0 Å². The predicted molar refractivity (Wildman–Crippen MR) is 358 cm³/mol. The Hall–Kier alpha value is -2.89. The molecule has 0 aromatic heterocycles. The first-order valence-corrected chi connectivity index (χ1v) is 36.3. The van der Waals surface area contributed by atoms with Gasteiger partial charge in [0.1, 0.15) is 13.2 Å². The Kier molecular flexibility index (Phi) is 68.1.